The van der Waals surface area contributed by atoms with Crippen LogP contribution in [0.3, 0.4) is 0 Å². The summed E-state index contributed by atoms with van der Waals surface area (Å²) in [6.45, 7) is 4.81. The van der Waals surface area contributed by atoms with E-state index in [2.05, 4.69) is 12.2 Å². The van der Waals surface area contributed by atoms with Gasteiger partial charge >= 0.3 is 12.0 Å². The SMILES string of the molecule is CCSCC(C)NC(=O)N1CCOC(C(=O)O)C1. The summed E-state index contributed by atoms with van der Waals surface area (Å²) in [6, 6.07) is -0.137. The Morgan fingerprint density at radius 3 is 2.94 bits per heavy atom. The molecule has 0 saturated carbocycles. The van der Waals surface area contributed by atoms with Gasteiger partial charge in [-0.25, -0.2) is 9.59 Å². The van der Waals surface area contributed by atoms with Crippen LogP contribution in [0.5, 0.6) is 0 Å². The molecule has 0 aromatic heterocycles. The number of ether oxygens (including phenoxy) is 1. The topological polar surface area (TPSA) is 78.9 Å². The number of hydrogen-bond acceptors (Lipinski definition) is 4. The van der Waals surface area contributed by atoms with E-state index in [1.807, 2.05) is 6.92 Å². The summed E-state index contributed by atoms with van der Waals surface area (Å²) < 4.78 is 5.06. The third-order valence-corrected chi connectivity index (χ3v) is 3.71. The molecule has 2 unspecified atom stereocenters. The zero-order valence-corrected chi connectivity index (χ0v) is 11.5. The van der Waals surface area contributed by atoms with Crippen LogP contribution in [0.4, 0.5) is 4.79 Å². The predicted molar refractivity (Wildman–Crippen MR) is 69.9 cm³/mol. The fourth-order valence-corrected chi connectivity index (χ4v) is 2.29. The first-order chi connectivity index (χ1) is 8.54. The quantitative estimate of drug-likeness (QED) is 0.769. The molecule has 1 aliphatic heterocycles. The Bertz CT molecular complexity index is 301. The highest BCUT2D eigenvalue weighted by atomic mass is 32.2. The van der Waals surface area contributed by atoms with Crippen LogP contribution in [-0.2, 0) is 9.53 Å². The molecule has 0 bridgehead atoms. The molecule has 0 radical (unpaired) electrons. The lowest BCUT2D eigenvalue weighted by atomic mass is 10.3. The second-order valence-corrected chi connectivity index (χ2v) is 5.47. The van der Waals surface area contributed by atoms with Gasteiger partial charge < -0.3 is 20.1 Å². The summed E-state index contributed by atoms with van der Waals surface area (Å²) in [5.74, 6) is 0.843. The molecule has 2 atom stereocenters. The van der Waals surface area contributed by atoms with Crippen LogP contribution in [0.25, 0.3) is 0 Å². The van der Waals surface area contributed by atoms with Gasteiger partial charge in [0.2, 0.25) is 0 Å². The van der Waals surface area contributed by atoms with Crippen LogP contribution < -0.4 is 5.32 Å². The Morgan fingerprint density at radius 1 is 1.61 bits per heavy atom. The molecule has 0 aromatic rings. The van der Waals surface area contributed by atoms with Crippen LogP contribution >= 0.6 is 11.8 Å². The lowest BCUT2D eigenvalue weighted by Gasteiger charge is -2.31. The third-order valence-electron chi connectivity index (χ3n) is 2.57. The number of thioether (sulfide) groups is 1. The first kappa shape index (κ1) is 15.1. The second kappa shape index (κ2) is 7.48. The first-order valence-corrected chi connectivity index (χ1v) is 7.17. The normalized spacial score (nSPS) is 21.4. The van der Waals surface area contributed by atoms with Crippen molar-refractivity contribution in [3.8, 4) is 0 Å². The third kappa shape index (κ3) is 4.73. The van der Waals surface area contributed by atoms with Crippen molar-refractivity contribution < 1.29 is 19.4 Å². The van der Waals surface area contributed by atoms with Gasteiger partial charge in [0.25, 0.3) is 0 Å². The number of aliphatic carboxylic acids is 1. The van der Waals surface area contributed by atoms with Crippen molar-refractivity contribution in [2.75, 3.05) is 31.2 Å². The number of carboxylic acids is 1. The average molecular weight is 276 g/mol. The minimum Gasteiger partial charge on any atom is -0.479 e. The van der Waals surface area contributed by atoms with Gasteiger partial charge in [-0.1, -0.05) is 6.92 Å². The summed E-state index contributed by atoms with van der Waals surface area (Å²) in [6.07, 6.45) is -0.912. The number of carboxylic acid groups (broad SMARTS) is 1. The number of carbonyl (C=O) groups is 2. The van der Waals surface area contributed by atoms with Crippen molar-refractivity contribution >= 4 is 23.8 Å². The highest BCUT2D eigenvalue weighted by Crippen LogP contribution is 2.07. The van der Waals surface area contributed by atoms with Crippen molar-refractivity contribution in [3.05, 3.63) is 0 Å². The maximum absolute atomic E-state index is 11.9. The van der Waals surface area contributed by atoms with Crippen molar-refractivity contribution in [2.45, 2.75) is 26.0 Å². The zero-order valence-electron chi connectivity index (χ0n) is 10.7. The van der Waals surface area contributed by atoms with Crippen molar-refractivity contribution in [3.63, 3.8) is 0 Å². The molecule has 18 heavy (non-hydrogen) atoms. The molecule has 1 rings (SSSR count). The minimum atomic E-state index is -1.03. The largest absolute Gasteiger partial charge is 0.479 e. The molecule has 1 aliphatic rings. The standard InChI is InChI=1S/C11H20N2O4S/c1-3-18-7-8(2)12-11(16)13-4-5-17-9(6-13)10(14)15/h8-9H,3-7H2,1-2H3,(H,12,16)(H,14,15). The van der Waals surface area contributed by atoms with E-state index in [0.29, 0.717) is 6.54 Å². The van der Waals surface area contributed by atoms with Crippen LogP contribution in [0.2, 0.25) is 0 Å². The summed E-state index contributed by atoms with van der Waals surface area (Å²) in [5, 5.41) is 11.7. The zero-order chi connectivity index (χ0) is 13.5. The van der Waals surface area contributed by atoms with Gasteiger partial charge in [-0.2, -0.15) is 11.8 Å². The number of nitrogens with one attached hydrogen (secondary N) is 1. The minimum absolute atomic E-state index is 0.0774. The van der Waals surface area contributed by atoms with E-state index in [1.165, 1.54) is 4.90 Å². The monoisotopic (exact) mass is 276 g/mol. The fraction of sp³-hybridized carbons (Fsp3) is 0.818. The van der Waals surface area contributed by atoms with Gasteiger partial charge in [-0.3, -0.25) is 0 Å². The molecule has 7 heteroatoms. The number of nitrogens with zero attached hydrogens (tertiary/aromatic N) is 1. The Kier molecular flexibility index (Phi) is 6.28. The fourth-order valence-electron chi connectivity index (χ4n) is 1.62. The second-order valence-electron chi connectivity index (χ2n) is 4.15. The van der Waals surface area contributed by atoms with E-state index in [-0.39, 0.29) is 25.2 Å². The molecule has 0 aromatic carbocycles. The summed E-state index contributed by atoms with van der Waals surface area (Å²) in [4.78, 5) is 24.2. The maximum atomic E-state index is 11.9. The number of rotatable bonds is 5. The van der Waals surface area contributed by atoms with E-state index in [9.17, 15) is 9.59 Å². The van der Waals surface area contributed by atoms with Gasteiger partial charge in [-0.05, 0) is 12.7 Å². The number of hydrogen-bond donors (Lipinski definition) is 2. The van der Waals surface area contributed by atoms with Gasteiger partial charge in [0.1, 0.15) is 0 Å². The Hall–Kier alpha value is -0.950. The number of amides is 2. The lowest BCUT2D eigenvalue weighted by molar-refractivity contribution is -0.154. The molecule has 1 fully saturated rings. The van der Waals surface area contributed by atoms with E-state index in [1.54, 1.807) is 11.8 Å². The van der Waals surface area contributed by atoms with Crippen LogP contribution in [-0.4, -0.2) is 65.4 Å². The Morgan fingerprint density at radius 2 is 2.33 bits per heavy atom. The highest BCUT2D eigenvalue weighted by Gasteiger charge is 2.29. The van der Waals surface area contributed by atoms with E-state index in [4.69, 9.17) is 9.84 Å². The van der Waals surface area contributed by atoms with E-state index >= 15 is 0 Å². The van der Waals surface area contributed by atoms with E-state index < -0.39 is 12.1 Å². The molecule has 1 heterocycles. The Labute approximate surface area is 111 Å². The van der Waals surface area contributed by atoms with Gasteiger partial charge in [-0.15, -0.1) is 0 Å². The number of urea groups is 1. The van der Waals surface area contributed by atoms with Crippen LogP contribution in [0.1, 0.15) is 13.8 Å². The summed E-state index contributed by atoms with van der Waals surface area (Å²) in [7, 11) is 0. The molecule has 2 N–H and O–H groups in total. The molecule has 104 valence electrons. The molecule has 6 nitrogen and oxygen atoms in total. The molecule has 2 amide bonds. The van der Waals surface area contributed by atoms with Crippen molar-refractivity contribution in [2.24, 2.45) is 0 Å². The molecule has 0 aliphatic carbocycles. The summed E-state index contributed by atoms with van der Waals surface area (Å²) in [5.41, 5.74) is 0. The highest BCUT2D eigenvalue weighted by molar-refractivity contribution is 7.99. The van der Waals surface area contributed by atoms with Crippen LogP contribution in [0, 0.1) is 0 Å². The number of carbonyl (C=O) groups excluding carboxylic acids is 1. The van der Waals surface area contributed by atoms with Gasteiger partial charge in [0, 0.05) is 18.3 Å². The maximum Gasteiger partial charge on any atom is 0.334 e. The molecular weight excluding hydrogens is 256 g/mol. The number of morpholine rings is 1. The molecule has 0 spiro atoms. The lowest BCUT2D eigenvalue weighted by Crippen LogP contribution is -2.53. The predicted octanol–water partition coefficient (Wildman–Crippen LogP) is 0.623. The average Bonchev–Trinajstić information content (AvgIpc) is 2.36. The smallest absolute Gasteiger partial charge is 0.334 e. The van der Waals surface area contributed by atoms with Gasteiger partial charge in [0.15, 0.2) is 6.10 Å². The van der Waals surface area contributed by atoms with Gasteiger partial charge in [0.05, 0.1) is 13.2 Å². The first-order valence-electron chi connectivity index (χ1n) is 6.02. The van der Waals surface area contributed by atoms with Crippen LogP contribution in [0.15, 0.2) is 0 Å². The van der Waals surface area contributed by atoms with Crippen molar-refractivity contribution in [1.82, 2.24) is 10.2 Å². The molecule has 1 saturated heterocycles. The Balaban J connectivity index is 2.38. The van der Waals surface area contributed by atoms with E-state index in [0.717, 1.165) is 11.5 Å². The van der Waals surface area contributed by atoms with Crippen molar-refractivity contribution in [1.29, 1.82) is 0 Å². The summed E-state index contributed by atoms with van der Waals surface area (Å²) >= 11 is 1.76. The molecular formula is C11H20N2O4S.